The molecule has 1 aliphatic rings. The van der Waals surface area contributed by atoms with Crippen LogP contribution in [-0.2, 0) is 23.4 Å². The van der Waals surface area contributed by atoms with E-state index in [0.29, 0.717) is 17.2 Å². The van der Waals surface area contributed by atoms with Crippen LogP contribution in [0.1, 0.15) is 34.3 Å². The lowest BCUT2D eigenvalue weighted by atomic mass is 9.92. The summed E-state index contributed by atoms with van der Waals surface area (Å²) in [5, 5.41) is 17.5. The fourth-order valence-electron chi connectivity index (χ4n) is 4.44. The SMILES string of the molecule is Cn1ncc2ccc(-c3ccc(NC(=O)C4(c5ccc(C(F)(F)F)cc5F)CC4)cc3C(=O)O)cc21. The van der Waals surface area contributed by atoms with E-state index in [9.17, 15) is 32.3 Å². The van der Waals surface area contributed by atoms with Gasteiger partial charge >= 0.3 is 12.1 Å². The van der Waals surface area contributed by atoms with E-state index in [1.807, 2.05) is 12.1 Å². The van der Waals surface area contributed by atoms with E-state index in [2.05, 4.69) is 10.4 Å². The number of carbonyl (C=O) groups is 2. The Labute approximate surface area is 202 Å². The molecule has 184 valence electrons. The zero-order valence-electron chi connectivity index (χ0n) is 18.9. The molecule has 1 aromatic heterocycles. The molecule has 0 radical (unpaired) electrons. The van der Waals surface area contributed by atoms with Crippen molar-refractivity contribution in [1.29, 1.82) is 0 Å². The van der Waals surface area contributed by atoms with Crippen molar-refractivity contribution < 1.29 is 32.3 Å². The van der Waals surface area contributed by atoms with Crippen LogP contribution in [0.5, 0.6) is 0 Å². The number of aromatic carboxylic acids is 1. The van der Waals surface area contributed by atoms with Gasteiger partial charge in [-0.15, -0.1) is 0 Å². The number of hydrogen-bond acceptors (Lipinski definition) is 3. The number of hydrogen-bond donors (Lipinski definition) is 2. The Morgan fingerprint density at radius 2 is 1.81 bits per heavy atom. The summed E-state index contributed by atoms with van der Waals surface area (Å²) in [6.07, 6.45) is -2.48. The molecule has 1 fully saturated rings. The Morgan fingerprint density at radius 3 is 2.44 bits per heavy atom. The smallest absolute Gasteiger partial charge is 0.416 e. The maximum atomic E-state index is 14.6. The van der Waals surface area contributed by atoms with Crippen molar-refractivity contribution in [2.75, 3.05) is 5.32 Å². The fraction of sp³-hybridized carbons (Fsp3) is 0.192. The summed E-state index contributed by atoms with van der Waals surface area (Å²) >= 11 is 0. The van der Waals surface area contributed by atoms with Gasteiger partial charge in [0.25, 0.3) is 0 Å². The minimum atomic E-state index is -4.70. The minimum Gasteiger partial charge on any atom is -0.478 e. The van der Waals surface area contributed by atoms with Gasteiger partial charge in [-0.25, -0.2) is 9.18 Å². The quantitative estimate of drug-likeness (QED) is 0.343. The highest BCUT2D eigenvalue weighted by Gasteiger charge is 2.53. The minimum absolute atomic E-state index is 0.0557. The molecule has 0 saturated heterocycles. The van der Waals surface area contributed by atoms with E-state index in [-0.39, 0.29) is 29.7 Å². The lowest BCUT2D eigenvalue weighted by Crippen LogP contribution is -2.29. The van der Waals surface area contributed by atoms with E-state index in [1.165, 1.54) is 12.1 Å². The predicted octanol–water partition coefficient (Wildman–Crippen LogP) is 5.77. The molecule has 10 heteroatoms. The highest BCUT2D eigenvalue weighted by molar-refractivity contribution is 6.04. The number of rotatable bonds is 5. The zero-order valence-corrected chi connectivity index (χ0v) is 18.9. The molecule has 0 atom stereocenters. The third kappa shape index (κ3) is 3.98. The van der Waals surface area contributed by atoms with Crippen molar-refractivity contribution >= 4 is 28.5 Å². The molecular weight excluding hydrogens is 478 g/mol. The van der Waals surface area contributed by atoms with E-state index in [0.717, 1.165) is 23.0 Å². The lowest BCUT2D eigenvalue weighted by molar-refractivity contribution is -0.137. The molecule has 4 aromatic rings. The monoisotopic (exact) mass is 497 g/mol. The molecular formula is C26H19F4N3O3. The van der Waals surface area contributed by atoms with Gasteiger partial charge in [-0.2, -0.15) is 18.3 Å². The Hall–Kier alpha value is -4.21. The van der Waals surface area contributed by atoms with Gasteiger partial charge in [0.05, 0.1) is 28.3 Å². The van der Waals surface area contributed by atoms with Crippen molar-refractivity contribution in [2.24, 2.45) is 7.05 Å². The van der Waals surface area contributed by atoms with Crippen LogP contribution in [0.2, 0.25) is 0 Å². The number of carbonyl (C=O) groups excluding carboxylic acids is 1. The number of nitrogens with one attached hydrogen (secondary N) is 1. The Morgan fingerprint density at radius 1 is 1.06 bits per heavy atom. The van der Waals surface area contributed by atoms with Crippen molar-refractivity contribution in [2.45, 2.75) is 24.4 Å². The van der Waals surface area contributed by atoms with Crippen LogP contribution >= 0.6 is 0 Å². The van der Waals surface area contributed by atoms with Crippen molar-refractivity contribution in [3.05, 3.63) is 83.3 Å². The van der Waals surface area contributed by atoms with Gasteiger partial charge < -0.3 is 10.4 Å². The fourth-order valence-corrected chi connectivity index (χ4v) is 4.44. The first kappa shape index (κ1) is 23.5. The first-order valence-electron chi connectivity index (χ1n) is 11.0. The van der Waals surface area contributed by atoms with Crippen LogP contribution in [0.25, 0.3) is 22.0 Å². The molecule has 0 unspecified atom stereocenters. The molecule has 36 heavy (non-hydrogen) atoms. The van der Waals surface area contributed by atoms with Crippen LogP contribution < -0.4 is 5.32 Å². The summed E-state index contributed by atoms with van der Waals surface area (Å²) in [7, 11) is 1.77. The van der Waals surface area contributed by atoms with Gasteiger partial charge in [0, 0.05) is 23.7 Å². The van der Waals surface area contributed by atoms with Crippen LogP contribution in [0.3, 0.4) is 0 Å². The lowest BCUT2D eigenvalue weighted by Gasteiger charge is -2.18. The highest BCUT2D eigenvalue weighted by atomic mass is 19.4. The summed E-state index contributed by atoms with van der Waals surface area (Å²) in [4.78, 5) is 25.1. The summed E-state index contributed by atoms with van der Waals surface area (Å²) in [5.41, 5.74) is -0.540. The van der Waals surface area contributed by atoms with Gasteiger partial charge in [-0.05, 0) is 54.3 Å². The second-order valence-corrected chi connectivity index (χ2v) is 8.84. The molecule has 1 amide bonds. The van der Waals surface area contributed by atoms with Crippen LogP contribution in [0, 0.1) is 5.82 Å². The number of nitrogens with zero attached hydrogens (tertiary/aromatic N) is 2. The van der Waals surface area contributed by atoms with E-state index in [1.54, 1.807) is 30.1 Å². The summed E-state index contributed by atoms with van der Waals surface area (Å²) in [5.74, 6) is -2.92. The maximum Gasteiger partial charge on any atom is 0.416 e. The van der Waals surface area contributed by atoms with Crippen LogP contribution in [0.15, 0.2) is 60.8 Å². The van der Waals surface area contributed by atoms with Crippen LogP contribution in [0.4, 0.5) is 23.2 Å². The van der Waals surface area contributed by atoms with Gasteiger partial charge in [0.2, 0.25) is 5.91 Å². The molecule has 0 spiro atoms. The Bertz CT molecular complexity index is 1540. The summed E-state index contributed by atoms with van der Waals surface area (Å²) in [6.45, 7) is 0. The molecule has 2 N–H and O–H groups in total. The maximum absolute atomic E-state index is 14.6. The average Bonchev–Trinajstić information content (AvgIpc) is 3.56. The summed E-state index contributed by atoms with van der Waals surface area (Å²) in [6, 6.07) is 12.0. The first-order valence-corrected chi connectivity index (χ1v) is 11.0. The Kier molecular flexibility index (Phi) is 5.35. The number of fused-ring (bicyclic) bond motifs is 1. The zero-order chi connectivity index (χ0) is 25.8. The van der Waals surface area contributed by atoms with Crippen molar-refractivity contribution in [3.8, 4) is 11.1 Å². The Balaban J connectivity index is 1.44. The molecule has 1 heterocycles. The molecule has 1 aliphatic carbocycles. The van der Waals surface area contributed by atoms with Crippen molar-refractivity contribution in [1.82, 2.24) is 9.78 Å². The molecule has 0 aliphatic heterocycles. The normalized spacial score (nSPS) is 14.6. The highest BCUT2D eigenvalue weighted by Crippen LogP contribution is 2.50. The molecule has 1 saturated carbocycles. The number of benzene rings is 3. The van der Waals surface area contributed by atoms with Gasteiger partial charge in [0.1, 0.15) is 5.82 Å². The number of aromatic nitrogens is 2. The number of halogens is 4. The number of alkyl halides is 3. The molecule has 6 nitrogen and oxygen atoms in total. The number of carboxylic acid groups (broad SMARTS) is 1. The standard InChI is InChI=1S/C26H19F4N3O3/c1-33-22-10-14(2-3-15(22)13-31-33)18-6-5-17(12-19(18)23(34)35)32-24(36)25(8-9-25)20-7-4-16(11-21(20)27)26(28,29)30/h2-7,10-13H,8-9H2,1H3,(H,32,36)(H,34,35). The molecule has 5 rings (SSSR count). The number of aryl methyl sites for hydroxylation is 1. The topological polar surface area (TPSA) is 84.2 Å². The third-order valence-corrected chi connectivity index (χ3v) is 6.56. The predicted molar refractivity (Wildman–Crippen MR) is 124 cm³/mol. The molecule has 3 aromatic carbocycles. The van der Waals surface area contributed by atoms with E-state index >= 15 is 0 Å². The van der Waals surface area contributed by atoms with E-state index in [4.69, 9.17) is 0 Å². The second-order valence-electron chi connectivity index (χ2n) is 8.84. The largest absolute Gasteiger partial charge is 0.478 e. The first-order chi connectivity index (χ1) is 17.0. The average molecular weight is 497 g/mol. The van der Waals surface area contributed by atoms with Crippen LogP contribution in [-0.4, -0.2) is 26.8 Å². The van der Waals surface area contributed by atoms with Gasteiger partial charge in [0.15, 0.2) is 0 Å². The third-order valence-electron chi connectivity index (χ3n) is 6.56. The summed E-state index contributed by atoms with van der Waals surface area (Å²) < 4.78 is 54.9. The van der Waals surface area contributed by atoms with E-state index < -0.39 is 34.8 Å². The number of carboxylic acids is 1. The number of amides is 1. The van der Waals surface area contributed by atoms with Crippen molar-refractivity contribution in [3.63, 3.8) is 0 Å². The molecule has 0 bridgehead atoms. The number of anilines is 1. The van der Waals surface area contributed by atoms with Gasteiger partial charge in [-0.1, -0.05) is 24.3 Å². The van der Waals surface area contributed by atoms with Gasteiger partial charge in [-0.3, -0.25) is 9.48 Å². The second kappa shape index (κ2) is 8.18.